The third-order valence-corrected chi connectivity index (χ3v) is 3.52. The summed E-state index contributed by atoms with van der Waals surface area (Å²) >= 11 is 0. The van der Waals surface area contributed by atoms with Crippen LogP contribution < -0.4 is 10.9 Å². The van der Waals surface area contributed by atoms with Crippen molar-refractivity contribution in [2.24, 2.45) is 0 Å². The standard InChI is InChI=1S/C17H10F5N3O/c18-11-12(19)14(21)16(15(22)13(11)20)23-24-17(26)9-4-3-5-10(8-9)25-6-1-2-7-25/h1-8,23H,(H,24,26). The van der Waals surface area contributed by atoms with Gasteiger partial charge in [-0.2, -0.15) is 0 Å². The van der Waals surface area contributed by atoms with Crippen LogP contribution in [0.1, 0.15) is 10.4 Å². The predicted octanol–water partition coefficient (Wildman–Crippen LogP) is 3.93. The summed E-state index contributed by atoms with van der Waals surface area (Å²) in [5.74, 6) is -11.5. The molecule has 9 heteroatoms. The average Bonchev–Trinajstić information content (AvgIpc) is 3.19. The molecule has 0 aliphatic rings. The summed E-state index contributed by atoms with van der Waals surface area (Å²) in [5, 5.41) is 0. The summed E-state index contributed by atoms with van der Waals surface area (Å²) in [4.78, 5) is 12.1. The number of carbonyl (C=O) groups excluding carboxylic acids is 1. The number of amides is 1. The van der Waals surface area contributed by atoms with Crippen LogP contribution in [-0.2, 0) is 0 Å². The normalized spacial score (nSPS) is 10.7. The van der Waals surface area contributed by atoms with E-state index in [1.165, 1.54) is 12.1 Å². The molecule has 0 unspecified atom stereocenters. The third-order valence-electron chi connectivity index (χ3n) is 3.52. The fourth-order valence-electron chi connectivity index (χ4n) is 2.22. The number of hydrogen-bond acceptors (Lipinski definition) is 2. The zero-order valence-corrected chi connectivity index (χ0v) is 12.9. The lowest BCUT2D eigenvalue weighted by atomic mass is 10.2. The maximum atomic E-state index is 13.6. The minimum Gasteiger partial charge on any atom is -0.324 e. The van der Waals surface area contributed by atoms with Gasteiger partial charge >= 0.3 is 0 Å². The van der Waals surface area contributed by atoms with Crippen molar-refractivity contribution in [2.75, 3.05) is 5.43 Å². The Balaban J connectivity index is 1.81. The van der Waals surface area contributed by atoms with Crippen molar-refractivity contribution in [3.8, 4) is 5.69 Å². The Kier molecular flexibility index (Phi) is 4.61. The number of hydrazine groups is 1. The Bertz CT molecular complexity index is 944. The minimum atomic E-state index is -2.28. The Hall–Kier alpha value is -3.36. The molecule has 2 aromatic carbocycles. The molecule has 2 N–H and O–H groups in total. The van der Waals surface area contributed by atoms with Crippen LogP contribution in [0.5, 0.6) is 0 Å². The molecule has 1 amide bonds. The van der Waals surface area contributed by atoms with Crippen LogP contribution >= 0.6 is 0 Å². The van der Waals surface area contributed by atoms with E-state index in [9.17, 15) is 26.7 Å². The minimum absolute atomic E-state index is 0.104. The average molecular weight is 367 g/mol. The molecular weight excluding hydrogens is 357 g/mol. The molecule has 134 valence electrons. The van der Waals surface area contributed by atoms with E-state index in [0.29, 0.717) is 5.69 Å². The van der Waals surface area contributed by atoms with Crippen molar-refractivity contribution in [1.82, 2.24) is 9.99 Å². The molecule has 0 saturated heterocycles. The highest BCUT2D eigenvalue weighted by molar-refractivity contribution is 5.95. The molecule has 1 aromatic heterocycles. The van der Waals surface area contributed by atoms with E-state index in [-0.39, 0.29) is 5.56 Å². The van der Waals surface area contributed by atoms with Crippen molar-refractivity contribution in [3.63, 3.8) is 0 Å². The second kappa shape index (κ2) is 6.87. The summed E-state index contributed by atoms with van der Waals surface area (Å²) in [7, 11) is 0. The zero-order valence-electron chi connectivity index (χ0n) is 12.9. The van der Waals surface area contributed by atoms with Gasteiger partial charge in [-0.1, -0.05) is 6.07 Å². The first kappa shape index (κ1) is 17.5. The van der Waals surface area contributed by atoms with Crippen LogP contribution in [0.25, 0.3) is 5.69 Å². The van der Waals surface area contributed by atoms with E-state index < -0.39 is 40.7 Å². The van der Waals surface area contributed by atoms with Crippen molar-refractivity contribution < 1.29 is 26.7 Å². The van der Waals surface area contributed by atoms with Crippen LogP contribution in [0.4, 0.5) is 27.6 Å². The quantitative estimate of drug-likeness (QED) is 0.318. The first-order valence-corrected chi connectivity index (χ1v) is 7.21. The van der Waals surface area contributed by atoms with E-state index in [1.54, 1.807) is 46.7 Å². The molecule has 1 heterocycles. The summed E-state index contributed by atoms with van der Waals surface area (Å²) in [6.07, 6.45) is 3.48. The van der Waals surface area contributed by atoms with Crippen LogP contribution in [0.3, 0.4) is 0 Å². The molecule has 26 heavy (non-hydrogen) atoms. The highest BCUT2D eigenvalue weighted by Crippen LogP contribution is 2.26. The number of halogens is 5. The first-order valence-electron chi connectivity index (χ1n) is 7.21. The molecule has 0 aliphatic heterocycles. The number of hydrogen-bond donors (Lipinski definition) is 2. The topological polar surface area (TPSA) is 46.1 Å². The summed E-state index contributed by atoms with van der Waals surface area (Å²) in [5.41, 5.74) is 3.04. The number of nitrogens with one attached hydrogen (secondary N) is 2. The molecular formula is C17H10F5N3O. The van der Waals surface area contributed by atoms with Gasteiger partial charge in [-0.05, 0) is 30.3 Å². The Labute approximate surface area is 143 Å². The largest absolute Gasteiger partial charge is 0.324 e. The zero-order chi connectivity index (χ0) is 18.8. The predicted molar refractivity (Wildman–Crippen MR) is 83.1 cm³/mol. The van der Waals surface area contributed by atoms with E-state index in [1.807, 2.05) is 5.43 Å². The van der Waals surface area contributed by atoms with Gasteiger partial charge in [0.1, 0.15) is 5.69 Å². The molecule has 4 nitrogen and oxygen atoms in total. The molecule has 0 aliphatic carbocycles. The molecule has 3 aromatic rings. The van der Waals surface area contributed by atoms with Crippen molar-refractivity contribution >= 4 is 11.6 Å². The lowest BCUT2D eigenvalue weighted by Gasteiger charge is -2.12. The molecule has 0 fully saturated rings. The van der Waals surface area contributed by atoms with Crippen molar-refractivity contribution in [2.45, 2.75) is 0 Å². The maximum Gasteiger partial charge on any atom is 0.269 e. The summed E-state index contributed by atoms with van der Waals surface area (Å²) < 4.78 is 68.1. The second-order valence-electron chi connectivity index (χ2n) is 5.16. The SMILES string of the molecule is O=C(NNc1c(F)c(F)c(F)c(F)c1F)c1cccc(-n2cccc2)c1. The van der Waals surface area contributed by atoms with E-state index in [0.717, 1.165) is 0 Å². The Morgan fingerprint density at radius 2 is 1.38 bits per heavy atom. The van der Waals surface area contributed by atoms with Crippen LogP contribution in [0.15, 0.2) is 48.8 Å². The van der Waals surface area contributed by atoms with E-state index in [4.69, 9.17) is 0 Å². The highest BCUT2D eigenvalue weighted by atomic mass is 19.2. The van der Waals surface area contributed by atoms with Crippen LogP contribution in [-0.4, -0.2) is 10.5 Å². The van der Waals surface area contributed by atoms with E-state index >= 15 is 0 Å². The van der Waals surface area contributed by atoms with Gasteiger partial charge in [0.25, 0.3) is 5.91 Å². The van der Waals surface area contributed by atoms with Gasteiger partial charge in [0.05, 0.1) is 0 Å². The maximum absolute atomic E-state index is 13.6. The Morgan fingerprint density at radius 1 is 0.808 bits per heavy atom. The second-order valence-corrected chi connectivity index (χ2v) is 5.16. The van der Waals surface area contributed by atoms with Crippen molar-refractivity contribution in [3.05, 3.63) is 83.4 Å². The number of carbonyl (C=O) groups is 1. The number of benzene rings is 2. The number of rotatable bonds is 4. The van der Waals surface area contributed by atoms with Gasteiger partial charge < -0.3 is 4.57 Å². The van der Waals surface area contributed by atoms with Gasteiger partial charge in [0, 0.05) is 23.6 Å². The van der Waals surface area contributed by atoms with Crippen LogP contribution in [0, 0.1) is 29.1 Å². The number of aromatic nitrogens is 1. The monoisotopic (exact) mass is 367 g/mol. The summed E-state index contributed by atoms with van der Waals surface area (Å²) in [6, 6.07) is 9.74. The molecule has 0 radical (unpaired) electrons. The molecule has 0 saturated carbocycles. The van der Waals surface area contributed by atoms with Crippen LogP contribution in [0.2, 0.25) is 0 Å². The molecule has 0 bridgehead atoms. The van der Waals surface area contributed by atoms with Gasteiger partial charge in [-0.3, -0.25) is 15.6 Å². The first-order chi connectivity index (χ1) is 12.4. The molecule has 0 atom stereocenters. The summed E-state index contributed by atoms with van der Waals surface area (Å²) in [6.45, 7) is 0. The highest BCUT2D eigenvalue weighted by Gasteiger charge is 2.26. The van der Waals surface area contributed by atoms with Gasteiger partial charge in [-0.25, -0.2) is 22.0 Å². The van der Waals surface area contributed by atoms with Crippen molar-refractivity contribution in [1.29, 1.82) is 0 Å². The van der Waals surface area contributed by atoms with Gasteiger partial charge in [0.15, 0.2) is 23.3 Å². The third kappa shape index (κ3) is 3.10. The lowest BCUT2D eigenvalue weighted by molar-refractivity contribution is 0.0962. The van der Waals surface area contributed by atoms with Gasteiger partial charge in [0.2, 0.25) is 5.82 Å². The fraction of sp³-hybridized carbons (Fsp3) is 0. The molecule has 0 spiro atoms. The lowest BCUT2D eigenvalue weighted by Crippen LogP contribution is -2.31. The fourth-order valence-corrected chi connectivity index (χ4v) is 2.22. The molecule has 3 rings (SSSR count). The van der Waals surface area contributed by atoms with E-state index in [2.05, 4.69) is 0 Å². The number of anilines is 1. The number of nitrogens with zero attached hydrogens (tertiary/aromatic N) is 1. The van der Waals surface area contributed by atoms with Gasteiger partial charge in [-0.15, -0.1) is 0 Å². The Morgan fingerprint density at radius 3 is 2.00 bits per heavy atom. The smallest absolute Gasteiger partial charge is 0.269 e.